The summed E-state index contributed by atoms with van der Waals surface area (Å²) in [5, 5.41) is 6.61. The van der Waals surface area contributed by atoms with Crippen molar-refractivity contribution in [2.24, 2.45) is 0 Å². The zero-order valence-electron chi connectivity index (χ0n) is 6.63. The van der Waals surface area contributed by atoms with E-state index < -0.39 is 0 Å². The average molecular weight is 203 g/mol. The Labute approximate surface area is 80.1 Å². The Kier molecular flexibility index (Phi) is 10.9. The molecule has 0 amide bonds. The third kappa shape index (κ3) is 5.70. The molecule has 11 heavy (non-hydrogen) atoms. The number of ether oxygens (including phenoxy) is 1. The van der Waals surface area contributed by atoms with E-state index in [1.165, 1.54) is 0 Å². The first-order valence-electron chi connectivity index (χ1n) is 3.36. The highest BCUT2D eigenvalue weighted by atomic mass is 35.5. The summed E-state index contributed by atoms with van der Waals surface area (Å²) in [6.07, 6.45) is 0. The van der Waals surface area contributed by atoms with Crippen LogP contribution in [0.2, 0.25) is 0 Å². The molecule has 0 unspecified atom stereocenters. The Morgan fingerprint density at radius 3 is 2.55 bits per heavy atom. The molecule has 1 fully saturated rings. The fourth-order valence-electron chi connectivity index (χ4n) is 1.03. The number of hydrogen-bond acceptors (Lipinski definition) is 3. The Morgan fingerprint density at radius 1 is 1.36 bits per heavy atom. The molecule has 1 atom stereocenters. The largest absolute Gasteiger partial charge is 0.383 e. The molecule has 70 valence electrons. The van der Waals surface area contributed by atoms with Crippen LogP contribution in [0.3, 0.4) is 0 Å². The third-order valence-electron chi connectivity index (χ3n) is 1.49. The first-order valence-corrected chi connectivity index (χ1v) is 3.36. The lowest BCUT2D eigenvalue weighted by Crippen LogP contribution is -2.50. The lowest BCUT2D eigenvalue weighted by atomic mass is 10.2. The molecule has 1 rings (SSSR count). The number of methoxy groups -OCH3 is 1. The molecule has 3 nitrogen and oxygen atoms in total. The Hall–Kier alpha value is 0.460. The van der Waals surface area contributed by atoms with Crippen molar-refractivity contribution >= 4 is 24.8 Å². The van der Waals surface area contributed by atoms with E-state index in [4.69, 9.17) is 4.74 Å². The number of piperazine rings is 1. The van der Waals surface area contributed by atoms with Crippen molar-refractivity contribution in [2.45, 2.75) is 6.04 Å². The van der Waals surface area contributed by atoms with Gasteiger partial charge in [0.2, 0.25) is 0 Å². The predicted molar refractivity (Wildman–Crippen MR) is 51.0 cm³/mol. The van der Waals surface area contributed by atoms with Crippen LogP contribution in [0.5, 0.6) is 0 Å². The topological polar surface area (TPSA) is 33.3 Å². The Balaban J connectivity index is 0. The summed E-state index contributed by atoms with van der Waals surface area (Å²) in [5.74, 6) is 0. The van der Waals surface area contributed by atoms with Crippen LogP contribution in [-0.4, -0.2) is 39.4 Å². The van der Waals surface area contributed by atoms with E-state index in [9.17, 15) is 0 Å². The minimum absolute atomic E-state index is 0. The van der Waals surface area contributed by atoms with Crippen molar-refractivity contribution < 1.29 is 4.74 Å². The third-order valence-corrected chi connectivity index (χ3v) is 1.49. The molecule has 2 N–H and O–H groups in total. The van der Waals surface area contributed by atoms with Crippen molar-refractivity contribution in [2.75, 3.05) is 33.4 Å². The molecule has 1 aliphatic rings. The van der Waals surface area contributed by atoms with Crippen molar-refractivity contribution in [3.8, 4) is 0 Å². The number of halogens is 2. The highest BCUT2D eigenvalue weighted by Crippen LogP contribution is 1.85. The zero-order chi connectivity index (χ0) is 6.53. The van der Waals surface area contributed by atoms with E-state index in [0.29, 0.717) is 6.04 Å². The van der Waals surface area contributed by atoms with E-state index in [1.54, 1.807) is 7.11 Å². The molecule has 1 heterocycles. The smallest absolute Gasteiger partial charge is 0.0628 e. The van der Waals surface area contributed by atoms with E-state index in [1.807, 2.05) is 0 Å². The van der Waals surface area contributed by atoms with Gasteiger partial charge in [-0.3, -0.25) is 0 Å². The Morgan fingerprint density at radius 2 is 2.09 bits per heavy atom. The van der Waals surface area contributed by atoms with Crippen LogP contribution < -0.4 is 10.6 Å². The van der Waals surface area contributed by atoms with Gasteiger partial charge in [-0.05, 0) is 0 Å². The van der Waals surface area contributed by atoms with Gasteiger partial charge in [0.1, 0.15) is 0 Å². The molecule has 0 bridgehead atoms. The summed E-state index contributed by atoms with van der Waals surface area (Å²) in [6, 6.07) is 0.517. The van der Waals surface area contributed by atoms with E-state index >= 15 is 0 Å². The molecule has 5 heteroatoms. The highest BCUT2D eigenvalue weighted by Gasteiger charge is 2.09. The summed E-state index contributed by atoms with van der Waals surface area (Å²) >= 11 is 0. The molecule has 0 radical (unpaired) electrons. The van der Waals surface area contributed by atoms with Crippen LogP contribution >= 0.6 is 24.8 Å². The normalized spacial score (nSPS) is 23.2. The van der Waals surface area contributed by atoms with Crippen LogP contribution in [0.25, 0.3) is 0 Å². The fourth-order valence-corrected chi connectivity index (χ4v) is 1.03. The van der Waals surface area contributed by atoms with Crippen molar-refractivity contribution in [3.05, 3.63) is 0 Å². The fraction of sp³-hybridized carbons (Fsp3) is 1.00. The number of nitrogens with one attached hydrogen (secondary N) is 2. The van der Waals surface area contributed by atoms with Crippen LogP contribution in [0.15, 0.2) is 0 Å². The minimum Gasteiger partial charge on any atom is -0.383 e. The van der Waals surface area contributed by atoms with Gasteiger partial charge in [0.05, 0.1) is 6.61 Å². The maximum atomic E-state index is 4.98. The average Bonchev–Trinajstić information content (AvgIpc) is 1.91. The molecule has 0 spiro atoms. The van der Waals surface area contributed by atoms with Gasteiger partial charge in [-0.25, -0.2) is 0 Å². The maximum Gasteiger partial charge on any atom is 0.0628 e. The van der Waals surface area contributed by atoms with Gasteiger partial charge in [-0.2, -0.15) is 0 Å². The maximum absolute atomic E-state index is 4.98. The van der Waals surface area contributed by atoms with Gasteiger partial charge < -0.3 is 15.4 Å². The van der Waals surface area contributed by atoms with Gasteiger partial charge in [0.25, 0.3) is 0 Å². The zero-order valence-corrected chi connectivity index (χ0v) is 8.26. The lowest BCUT2D eigenvalue weighted by molar-refractivity contribution is 0.159. The van der Waals surface area contributed by atoms with Crippen molar-refractivity contribution in [1.82, 2.24) is 10.6 Å². The molecule has 1 saturated heterocycles. The van der Waals surface area contributed by atoms with Crippen molar-refractivity contribution in [1.29, 1.82) is 0 Å². The summed E-state index contributed by atoms with van der Waals surface area (Å²) in [7, 11) is 1.73. The van der Waals surface area contributed by atoms with Crippen molar-refractivity contribution in [3.63, 3.8) is 0 Å². The first kappa shape index (κ1) is 14.0. The predicted octanol–water partition coefficient (Wildman–Crippen LogP) is 0.0378. The minimum atomic E-state index is 0. The summed E-state index contributed by atoms with van der Waals surface area (Å²) in [6.45, 7) is 4.00. The standard InChI is InChI=1S/C6H14N2O.2ClH/c1-9-5-6-4-7-2-3-8-6;;/h6-8H,2-5H2,1H3;2*1H/t6-;;/m1../s1. The van der Waals surface area contributed by atoms with Crippen LogP contribution in [0, 0.1) is 0 Å². The molecule has 0 aromatic heterocycles. The summed E-state index contributed by atoms with van der Waals surface area (Å²) < 4.78 is 4.98. The molecule has 1 aliphatic heterocycles. The lowest BCUT2D eigenvalue weighted by Gasteiger charge is -2.23. The van der Waals surface area contributed by atoms with Crippen LogP contribution in [0.4, 0.5) is 0 Å². The molecular weight excluding hydrogens is 187 g/mol. The second kappa shape index (κ2) is 8.56. The second-order valence-electron chi connectivity index (χ2n) is 2.31. The second-order valence-corrected chi connectivity index (χ2v) is 2.31. The van der Waals surface area contributed by atoms with Crippen LogP contribution in [-0.2, 0) is 4.74 Å². The SMILES string of the molecule is COC[C@H]1CNCCN1.Cl.Cl. The number of rotatable bonds is 2. The van der Waals surface area contributed by atoms with Gasteiger partial charge >= 0.3 is 0 Å². The summed E-state index contributed by atoms with van der Waals surface area (Å²) in [4.78, 5) is 0. The molecule has 0 aliphatic carbocycles. The summed E-state index contributed by atoms with van der Waals surface area (Å²) in [5.41, 5.74) is 0. The van der Waals surface area contributed by atoms with E-state index in [2.05, 4.69) is 10.6 Å². The highest BCUT2D eigenvalue weighted by molar-refractivity contribution is 5.85. The molecule has 0 aromatic carbocycles. The molecule has 0 aromatic rings. The van der Waals surface area contributed by atoms with Crippen LogP contribution in [0.1, 0.15) is 0 Å². The monoisotopic (exact) mass is 202 g/mol. The Bertz CT molecular complexity index is 76.2. The van der Waals surface area contributed by atoms with Gasteiger partial charge in [-0.15, -0.1) is 24.8 Å². The molecule has 0 saturated carbocycles. The van der Waals surface area contributed by atoms with Gasteiger partial charge in [0.15, 0.2) is 0 Å². The van der Waals surface area contributed by atoms with E-state index in [0.717, 1.165) is 26.2 Å². The van der Waals surface area contributed by atoms with Gasteiger partial charge in [-0.1, -0.05) is 0 Å². The van der Waals surface area contributed by atoms with Gasteiger partial charge in [0, 0.05) is 32.8 Å². The first-order chi connectivity index (χ1) is 4.43. The quantitative estimate of drug-likeness (QED) is 0.664. The number of hydrogen-bond donors (Lipinski definition) is 2. The molecular formula is C6H16Cl2N2O. The van der Waals surface area contributed by atoms with E-state index in [-0.39, 0.29) is 24.8 Å².